The highest BCUT2D eigenvalue weighted by molar-refractivity contribution is 5.85. The third-order valence-electron chi connectivity index (χ3n) is 7.45. The predicted octanol–water partition coefficient (Wildman–Crippen LogP) is 5.40. The maximum absolute atomic E-state index is 13.8. The molecule has 2 aliphatic rings. The van der Waals surface area contributed by atoms with Gasteiger partial charge in [0.15, 0.2) is 0 Å². The molecule has 1 N–H and O–H groups in total. The van der Waals surface area contributed by atoms with Crippen LogP contribution in [-0.4, -0.2) is 54.8 Å². The van der Waals surface area contributed by atoms with Gasteiger partial charge in [-0.2, -0.15) is 26.3 Å². The zero-order valence-electron chi connectivity index (χ0n) is 21.7. The lowest BCUT2D eigenvalue weighted by Gasteiger charge is -2.42. The van der Waals surface area contributed by atoms with Crippen LogP contribution < -0.4 is 5.32 Å². The zero-order chi connectivity index (χ0) is 28.7. The molecular formula is C27H29ClF7N3O2. The van der Waals surface area contributed by atoms with Crippen molar-refractivity contribution in [2.24, 2.45) is 11.8 Å². The van der Waals surface area contributed by atoms with Crippen molar-refractivity contribution >= 4 is 24.2 Å². The number of hydrogen-bond donors (Lipinski definition) is 1. The van der Waals surface area contributed by atoms with Gasteiger partial charge in [0, 0.05) is 51.6 Å². The van der Waals surface area contributed by atoms with Gasteiger partial charge in [-0.25, -0.2) is 4.39 Å². The highest BCUT2D eigenvalue weighted by Crippen LogP contribution is 2.38. The maximum Gasteiger partial charge on any atom is 0.416 e. The Kier molecular flexibility index (Phi) is 9.45. The fraction of sp³-hybridized carbons (Fsp3) is 0.481. The van der Waals surface area contributed by atoms with E-state index in [-0.39, 0.29) is 55.4 Å². The normalized spacial score (nSPS) is 20.0. The number of hydrogen-bond acceptors (Lipinski definition) is 3. The van der Waals surface area contributed by atoms with Crippen molar-refractivity contribution < 1.29 is 40.3 Å². The molecule has 0 bridgehead atoms. The molecule has 2 fully saturated rings. The molecule has 0 aliphatic carbocycles. The Morgan fingerprint density at radius 3 is 2.10 bits per heavy atom. The van der Waals surface area contributed by atoms with E-state index in [0.29, 0.717) is 36.3 Å². The first kappa shape index (κ1) is 31.7. The standard InChI is InChI=1S/C27H28F7N3O2.ClH/c1-15-7-20(28)3-4-21(15)23-14-37(24(38)17-11-35-12-17)6-5-22(23)25(39)36(2)13-16-8-18(26(29,30)31)10-19(9-16)27(32,33)34;/h3-4,7-10,17,22-23,35H,5-6,11-14H2,1-2H3;1H. The van der Waals surface area contributed by atoms with Crippen LogP contribution in [0.25, 0.3) is 0 Å². The highest BCUT2D eigenvalue weighted by Gasteiger charge is 2.41. The first-order valence-corrected chi connectivity index (χ1v) is 12.4. The minimum Gasteiger partial charge on any atom is -0.342 e. The topological polar surface area (TPSA) is 52.7 Å². The Hall–Kier alpha value is -2.86. The minimum atomic E-state index is -5.00. The lowest BCUT2D eigenvalue weighted by Crippen LogP contribution is -2.55. The number of alkyl halides is 6. The minimum absolute atomic E-state index is 0. The number of carbonyl (C=O) groups excluding carboxylic acids is 2. The van der Waals surface area contributed by atoms with Crippen LogP contribution >= 0.6 is 12.4 Å². The zero-order valence-corrected chi connectivity index (χ0v) is 22.5. The van der Waals surface area contributed by atoms with Crippen molar-refractivity contribution in [1.29, 1.82) is 0 Å². The number of nitrogens with one attached hydrogen (secondary N) is 1. The number of benzene rings is 2. The molecule has 4 rings (SSSR count). The van der Waals surface area contributed by atoms with Gasteiger partial charge in [0.05, 0.1) is 17.0 Å². The van der Waals surface area contributed by atoms with Crippen LogP contribution in [0.2, 0.25) is 0 Å². The summed E-state index contributed by atoms with van der Waals surface area (Å²) in [6.45, 7) is 2.77. The Balaban J connectivity index is 0.00000441. The number of carbonyl (C=O) groups is 2. The second-order valence-corrected chi connectivity index (χ2v) is 10.3. The number of rotatable bonds is 5. The molecule has 2 aromatic rings. The van der Waals surface area contributed by atoms with Crippen molar-refractivity contribution in [1.82, 2.24) is 15.1 Å². The van der Waals surface area contributed by atoms with Crippen LogP contribution in [0.3, 0.4) is 0 Å². The molecule has 2 amide bonds. The number of likely N-dealkylation sites (tertiary alicyclic amines) is 1. The highest BCUT2D eigenvalue weighted by atomic mass is 35.5. The number of halogens is 8. The molecule has 2 aliphatic heterocycles. The molecule has 2 heterocycles. The van der Waals surface area contributed by atoms with Gasteiger partial charge in [-0.1, -0.05) is 6.07 Å². The van der Waals surface area contributed by atoms with E-state index in [9.17, 15) is 40.3 Å². The summed E-state index contributed by atoms with van der Waals surface area (Å²) >= 11 is 0. The third-order valence-corrected chi connectivity index (χ3v) is 7.45. The van der Waals surface area contributed by atoms with Crippen LogP contribution in [0.1, 0.15) is 40.2 Å². The molecule has 2 atom stereocenters. The summed E-state index contributed by atoms with van der Waals surface area (Å²) in [6.07, 6.45) is -9.76. The van der Waals surface area contributed by atoms with Gasteiger partial charge < -0.3 is 15.1 Å². The van der Waals surface area contributed by atoms with Crippen molar-refractivity contribution in [3.63, 3.8) is 0 Å². The molecule has 2 aromatic carbocycles. The van der Waals surface area contributed by atoms with Crippen molar-refractivity contribution in [3.05, 3.63) is 70.0 Å². The van der Waals surface area contributed by atoms with Gasteiger partial charge in [0.1, 0.15) is 5.82 Å². The molecule has 2 unspecified atom stereocenters. The van der Waals surface area contributed by atoms with Gasteiger partial charge in [-0.3, -0.25) is 9.59 Å². The SMILES string of the molecule is Cc1cc(F)ccc1C1CN(C(=O)C2CNC2)CCC1C(=O)N(C)Cc1cc(C(F)(F)F)cc(C(F)(F)F)c1.Cl. The monoisotopic (exact) mass is 595 g/mol. The quantitative estimate of drug-likeness (QED) is 0.471. The van der Waals surface area contributed by atoms with E-state index in [1.54, 1.807) is 17.9 Å². The Morgan fingerprint density at radius 2 is 1.60 bits per heavy atom. The number of aryl methyl sites for hydroxylation is 1. The van der Waals surface area contributed by atoms with Crippen molar-refractivity contribution in [2.45, 2.75) is 38.2 Å². The number of amides is 2. The molecule has 0 aromatic heterocycles. The predicted molar refractivity (Wildman–Crippen MR) is 135 cm³/mol. The fourth-order valence-corrected chi connectivity index (χ4v) is 5.29. The van der Waals surface area contributed by atoms with Crippen LogP contribution in [0.15, 0.2) is 36.4 Å². The molecular weight excluding hydrogens is 567 g/mol. The lowest BCUT2D eigenvalue weighted by atomic mass is 9.78. The lowest BCUT2D eigenvalue weighted by molar-refractivity contribution is -0.144. The first-order valence-electron chi connectivity index (χ1n) is 12.4. The van der Waals surface area contributed by atoms with E-state index in [1.165, 1.54) is 19.2 Å². The van der Waals surface area contributed by atoms with Crippen LogP contribution in [0.5, 0.6) is 0 Å². The molecule has 5 nitrogen and oxygen atoms in total. The second-order valence-electron chi connectivity index (χ2n) is 10.3. The summed E-state index contributed by atoms with van der Waals surface area (Å²) in [5.41, 5.74) is -1.98. The molecule has 0 spiro atoms. The second kappa shape index (κ2) is 11.9. The molecule has 13 heteroatoms. The summed E-state index contributed by atoms with van der Waals surface area (Å²) in [7, 11) is 1.32. The van der Waals surface area contributed by atoms with Crippen molar-refractivity contribution in [2.75, 3.05) is 33.2 Å². The summed E-state index contributed by atoms with van der Waals surface area (Å²) < 4.78 is 93.7. The largest absolute Gasteiger partial charge is 0.416 e. The molecule has 40 heavy (non-hydrogen) atoms. The summed E-state index contributed by atoms with van der Waals surface area (Å²) in [5.74, 6) is -2.41. The van der Waals surface area contributed by atoms with Gasteiger partial charge in [-0.05, 0) is 60.4 Å². The third kappa shape index (κ3) is 6.88. The number of nitrogens with zero attached hydrogens (tertiary/aromatic N) is 2. The van der Waals surface area contributed by atoms with E-state index in [4.69, 9.17) is 0 Å². The van der Waals surface area contributed by atoms with Crippen molar-refractivity contribution in [3.8, 4) is 0 Å². The summed E-state index contributed by atoms with van der Waals surface area (Å²) in [6, 6.07) is 5.38. The van der Waals surface area contributed by atoms with Gasteiger partial charge >= 0.3 is 12.4 Å². The Labute approximate surface area is 233 Å². The van der Waals surface area contributed by atoms with Crippen LogP contribution in [0, 0.1) is 24.6 Å². The Bertz CT molecular complexity index is 1220. The molecule has 0 saturated carbocycles. The van der Waals surface area contributed by atoms with Gasteiger partial charge in [0.25, 0.3) is 0 Å². The Morgan fingerprint density at radius 1 is 1.00 bits per heavy atom. The van der Waals surface area contributed by atoms with Crippen LogP contribution in [-0.2, 0) is 28.5 Å². The van der Waals surface area contributed by atoms with E-state index >= 15 is 0 Å². The smallest absolute Gasteiger partial charge is 0.342 e. The maximum atomic E-state index is 13.8. The van der Waals surface area contributed by atoms with Gasteiger partial charge in [-0.15, -0.1) is 12.4 Å². The fourth-order valence-electron chi connectivity index (χ4n) is 5.29. The average Bonchev–Trinajstić information content (AvgIpc) is 2.81. The van der Waals surface area contributed by atoms with E-state index in [2.05, 4.69) is 5.32 Å². The molecule has 220 valence electrons. The molecule has 2 saturated heterocycles. The molecule has 0 radical (unpaired) electrons. The average molecular weight is 596 g/mol. The van der Waals surface area contributed by atoms with E-state index in [1.807, 2.05) is 0 Å². The summed E-state index contributed by atoms with van der Waals surface area (Å²) in [4.78, 5) is 29.3. The number of piperidine rings is 1. The first-order chi connectivity index (χ1) is 18.1. The summed E-state index contributed by atoms with van der Waals surface area (Å²) in [5, 5.41) is 3.04. The van der Waals surface area contributed by atoms with E-state index < -0.39 is 53.6 Å². The van der Waals surface area contributed by atoms with E-state index in [0.717, 1.165) is 4.90 Å². The van der Waals surface area contributed by atoms with Crippen LogP contribution in [0.4, 0.5) is 30.7 Å². The van der Waals surface area contributed by atoms with Gasteiger partial charge in [0.2, 0.25) is 11.8 Å².